The molecule has 0 bridgehead atoms. The van der Waals surface area contributed by atoms with Gasteiger partial charge in [-0.1, -0.05) is 22.4 Å². The number of hydrogen-bond acceptors (Lipinski definition) is 1. The van der Waals surface area contributed by atoms with Gasteiger partial charge in [-0.2, -0.15) is 0 Å². The molecular weight excluding hydrogens is 339 g/mol. The van der Waals surface area contributed by atoms with E-state index in [2.05, 4.69) is 31.9 Å². The van der Waals surface area contributed by atoms with Gasteiger partial charge < -0.3 is 4.74 Å². The summed E-state index contributed by atoms with van der Waals surface area (Å²) in [5, 5.41) is 0.951. The van der Waals surface area contributed by atoms with E-state index >= 15 is 0 Å². The zero-order valence-corrected chi connectivity index (χ0v) is 12.0. The average molecular weight is 352 g/mol. The van der Waals surface area contributed by atoms with Crippen LogP contribution in [-0.4, -0.2) is 11.9 Å². The van der Waals surface area contributed by atoms with Crippen molar-refractivity contribution in [2.45, 2.75) is 19.3 Å². The molecule has 0 heterocycles. The minimum absolute atomic E-state index is 0.256. The van der Waals surface area contributed by atoms with E-state index in [4.69, 9.17) is 4.74 Å². The van der Waals surface area contributed by atoms with Crippen LogP contribution >= 0.6 is 31.9 Å². The predicted octanol–water partition coefficient (Wildman–Crippen LogP) is 4.53. The molecule has 1 aromatic carbocycles. The molecule has 0 unspecified atom stereocenters. The smallest absolute Gasteiger partial charge is 0.136 e. The topological polar surface area (TPSA) is 9.23 Å². The van der Waals surface area contributed by atoms with E-state index in [0.29, 0.717) is 12.4 Å². The standard InChI is InChI=1S/C12H13Br2FO/c13-7-12(4-1-5-12)8-16-11-6-9(15)2-3-10(11)14/h2-3,6H,1,4-5,7-8H2. The first-order valence-electron chi connectivity index (χ1n) is 5.29. The third-order valence-electron chi connectivity index (χ3n) is 3.12. The van der Waals surface area contributed by atoms with Gasteiger partial charge in [0.2, 0.25) is 0 Å². The highest BCUT2D eigenvalue weighted by atomic mass is 79.9. The van der Waals surface area contributed by atoms with E-state index < -0.39 is 0 Å². The van der Waals surface area contributed by atoms with Crippen LogP contribution in [0.25, 0.3) is 0 Å². The molecule has 0 amide bonds. The monoisotopic (exact) mass is 350 g/mol. The fraction of sp³-hybridized carbons (Fsp3) is 0.500. The van der Waals surface area contributed by atoms with E-state index in [1.54, 1.807) is 6.07 Å². The zero-order valence-electron chi connectivity index (χ0n) is 8.81. The molecule has 2 rings (SSSR count). The Morgan fingerprint density at radius 1 is 1.38 bits per heavy atom. The van der Waals surface area contributed by atoms with Crippen molar-refractivity contribution in [3.63, 3.8) is 0 Å². The second kappa shape index (κ2) is 5.05. The van der Waals surface area contributed by atoms with Gasteiger partial charge in [-0.05, 0) is 40.9 Å². The molecule has 1 aliphatic carbocycles. The number of alkyl halides is 1. The van der Waals surface area contributed by atoms with Crippen molar-refractivity contribution in [3.05, 3.63) is 28.5 Å². The van der Waals surface area contributed by atoms with Gasteiger partial charge in [0.15, 0.2) is 0 Å². The number of ether oxygens (including phenoxy) is 1. The Bertz CT molecular complexity index is 372. The maximum Gasteiger partial charge on any atom is 0.136 e. The second-order valence-corrected chi connectivity index (χ2v) is 5.77. The van der Waals surface area contributed by atoms with E-state index in [1.165, 1.54) is 31.4 Å². The van der Waals surface area contributed by atoms with Crippen LogP contribution in [0, 0.1) is 11.2 Å². The van der Waals surface area contributed by atoms with Gasteiger partial charge in [0.25, 0.3) is 0 Å². The average Bonchev–Trinajstić information content (AvgIpc) is 2.22. The Morgan fingerprint density at radius 3 is 2.69 bits per heavy atom. The van der Waals surface area contributed by atoms with Gasteiger partial charge in [-0.3, -0.25) is 0 Å². The number of benzene rings is 1. The molecule has 1 aliphatic rings. The summed E-state index contributed by atoms with van der Waals surface area (Å²) in [7, 11) is 0. The number of rotatable bonds is 4. The van der Waals surface area contributed by atoms with E-state index in [1.807, 2.05) is 0 Å². The lowest BCUT2D eigenvalue weighted by Gasteiger charge is -2.40. The van der Waals surface area contributed by atoms with Crippen LogP contribution in [0.2, 0.25) is 0 Å². The number of hydrogen-bond donors (Lipinski definition) is 0. The van der Waals surface area contributed by atoms with Crippen LogP contribution in [0.4, 0.5) is 4.39 Å². The first-order chi connectivity index (χ1) is 7.65. The molecule has 0 N–H and O–H groups in total. The summed E-state index contributed by atoms with van der Waals surface area (Å²) >= 11 is 6.88. The molecule has 0 radical (unpaired) electrons. The highest BCUT2D eigenvalue weighted by Gasteiger charge is 2.36. The Morgan fingerprint density at radius 2 is 2.12 bits per heavy atom. The molecule has 16 heavy (non-hydrogen) atoms. The third kappa shape index (κ3) is 2.59. The Labute approximate surface area is 112 Å². The maximum absolute atomic E-state index is 13.0. The fourth-order valence-electron chi connectivity index (χ4n) is 1.81. The molecule has 1 saturated carbocycles. The first-order valence-corrected chi connectivity index (χ1v) is 7.20. The lowest BCUT2D eigenvalue weighted by Crippen LogP contribution is -2.37. The van der Waals surface area contributed by atoms with E-state index in [0.717, 1.165) is 9.80 Å². The van der Waals surface area contributed by atoms with Crippen molar-refractivity contribution in [1.29, 1.82) is 0 Å². The zero-order chi connectivity index (χ0) is 11.6. The predicted molar refractivity (Wildman–Crippen MR) is 69.7 cm³/mol. The summed E-state index contributed by atoms with van der Waals surface area (Å²) in [5.41, 5.74) is 0.256. The lowest BCUT2D eigenvalue weighted by molar-refractivity contribution is 0.0832. The number of halogens is 3. The summed E-state index contributed by atoms with van der Waals surface area (Å²) < 4.78 is 19.5. The van der Waals surface area contributed by atoms with E-state index in [9.17, 15) is 4.39 Å². The minimum atomic E-state index is -0.264. The third-order valence-corrected chi connectivity index (χ3v) is 4.97. The highest BCUT2D eigenvalue weighted by Crippen LogP contribution is 2.43. The van der Waals surface area contributed by atoms with Crippen molar-refractivity contribution in [3.8, 4) is 5.75 Å². The Hall–Kier alpha value is -0.0900. The summed E-state index contributed by atoms with van der Waals surface area (Å²) in [6.45, 7) is 0.653. The molecule has 0 aliphatic heterocycles. The molecule has 4 heteroatoms. The Kier molecular flexibility index (Phi) is 3.90. The molecule has 1 nitrogen and oxygen atoms in total. The molecule has 0 spiro atoms. The quantitative estimate of drug-likeness (QED) is 0.724. The summed E-state index contributed by atoms with van der Waals surface area (Å²) in [6.07, 6.45) is 3.63. The van der Waals surface area contributed by atoms with Crippen LogP contribution in [-0.2, 0) is 0 Å². The molecule has 0 aromatic heterocycles. The summed E-state index contributed by atoms with van der Waals surface area (Å²) in [5.74, 6) is 0.326. The van der Waals surface area contributed by atoms with Gasteiger partial charge in [0.1, 0.15) is 11.6 Å². The van der Waals surface area contributed by atoms with Crippen LogP contribution in [0.1, 0.15) is 19.3 Å². The molecule has 88 valence electrons. The minimum Gasteiger partial charge on any atom is -0.492 e. The normalized spacial score (nSPS) is 17.9. The summed E-state index contributed by atoms with van der Waals surface area (Å²) in [6, 6.07) is 4.51. The largest absolute Gasteiger partial charge is 0.492 e. The molecule has 1 aromatic rings. The first kappa shape index (κ1) is 12.4. The van der Waals surface area contributed by atoms with Crippen molar-refractivity contribution in [2.24, 2.45) is 5.41 Å². The van der Waals surface area contributed by atoms with Crippen molar-refractivity contribution < 1.29 is 9.13 Å². The van der Waals surface area contributed by atoms with Gasteiger partial charge >= 0.3 is 0 Å². The molecule has 1 fully saturated rings. The lowest BCUT2D eigenvalue weighted by atomic mass is 9.71. The van der Waals surface area contributed by atoms with Crippen molar-refractivity contribution in [1.82, 2.24) is 0 Å². The van der Waals surface area contributed by atoms with Gasteiger partial charge in [0, 0.05) is 16.8 Å². The van der Waals surface area contributed by atoms with Crippen LogP contribution in [0.3, 0.4) is 0 Å². The molecular formula is C12H13Br2FO. The van der Waals surface area contributed by atoms with Crippen molar-refractivity contribution in [2.75, 3.05) is 11.9 Å². The second-order valence-electron chi connectivity index (χ2n) is 4.35. The van der Waals surface area contributed by atoms with Crippen molar-refractivity contribution >= 4 is 31.9 Å². The van der Waals surface area contributed by atoms with Gasteiger partial charge in [-0.15, -0.1) is 0 Å². The SMILES string of the molecule is Fc1ccc(Br)c(OCC2(CBr)CCC2)c1. The summed E-state index contributed by atoms with van der Waals surface area (Å²) in [4.78, 5) is 0. The molecule has 0 atom stereocenters. The highest BCUT2D eigenvalue weighted by molar-refractivity contribution is 9.10. The van der Waals surface area contributed by atoms with Gasteiger partial charge in [0.05, 0.1) is 11.1 Å². The fourth-order valence-corrected chi connectivity index (χ4v) is 2.90. The van der Waals surface area contributed by atoms with Crippen LogP contribution in [0.5, 0.6) is 5.75 Å². The van der Waals surface area contributed by atoms with Crippen LogP contribution in [0.15, 0.2) is 22.7 Å². The Balaban J connectivity index is 2.01. The van der Waals surface area contributed by atoms with Crippen LogP contribution < -0.4 is 4.74 Å². The molecule has 0 saturated heterocycles. The maximum atomic E-state index is 13.0. The van der Waals surface area contributed by atoms with Gasteiger partial charge in [-0.25, -0.2) is 4.39 Å². The van der Waals surface area contributed by atoms with E-state index in [-0.39, 0.29) is 11.2 Å².